The van der Waals surface area contributed by atoms with Gasteiger partial charge in [-0.05, 0) is 0 Å². The minimum absolute atomic E-state index is 0.225. The maximum absolute atomic E-state index is 12.4. The first-order valence-electron chi connectivity index (χ1n) is 11.7. The first kappa shape index (κ1) is 22.5. The third-order valence-corrected chi connectivity index (χ3v) is 11.6. The molecule has 0 atom stereocenters. The van der Waals surface area contributed by atoms with Gasteiger partial charge < -0.3 is 0 Å². The maximum atomic E-state index is 12.4. The summed E-state index contributed by atoms with van der Waals surface area (Å²) in [5.74, 6) is 0.497. The Kier molecular flexibility index (Phi) is 7.22. The van der Waals surface area contributed by atoms with Crippen molar-refractivity contribution in [1.82, 2.24) is 0 Å². The second kappa shape index (κ2) is 10.3. The van der Waals surface area contributed by atoms with Crippen molar-refractivity contribution >= 4 is 29.1 Å². The molecule has 0 unspecified atom stereocenters. The van der Waals surface area contributed by atoms with E-state index in [1.165, 1.54) is 40.7 Å². The van der Waals surface area contributed by atoms with Gasteiger partial charge in [0.05, 0.1) is 0 Å². The number of benzene rings is 3. The summed E-state index contributed by atoms with van der Waals surface area (Å²) >= 11 is 0. The summed E-state index contributed by atoms with van der Waals surface area (Å²) in [6.45, 7) is 4.11. The molecule has 1 aliphatic rings. The van der Waals surface area contributed by atoms with E-state index < -0.39 is 7.26 Å². The van der Waals surface area contributed by atoms with Gasteiger partial charge in [0.2, 0.25) is 0 Å². The molecule has 1 aliphatic carbocycles. The molecule has 0 heterocycles. The van der Waals surface area contributed by atoms with Crippen LogP contribution in [0.3, 0.4) is 0 Å². The number of carbonyl (C=O) groups is 1. The van der Waals surface area contributed by atoms with Gasteiger partial charge in [-0.3, -0.25) is 0 Å². The summed E-state index contributed by atoms with van der Waals surface area (Å²) in [7, 11) is -2.39. The summed E-state index contributed by atoms with van der Waals surface area (Å²) in [6, 6.07) is 31.1. The number of rotatable bonds is 8. The van der Waals surface area contributed by atoms with Crippen LogP contribution >= 0.6 is 7.26 Å². The molecule has 3 aromatic carbocycles. The summed E-state index contributed by atoms with van der Waals surface area (Å²) in [6.07, 6.45) is 6.87. The zero-order chi connectivity index (χ0) is 22.4. The molecule has 0 aliphatic heterocycles. The van der Waals surface area contributed by atoms with Gasteiger partial charge in [0, 0.05) is 0 Å². The normalized spacial score (nSPS) is 15.1. The molecule has 0 radical (unpaired) electrons. The van der Waals surface area contributed by atoms with Crippen LogP contribution in [0.2, 0.25) is 0 Å². The van der Waals surface area contributed by atoms with Gasteiger partial charge in [-0.2, -0.15) is 0 Å². The second-order valence-corrected chi connectivity index (χ2v) is 12.6. The van der Waals surface area contributed by atoms with Crippen LogP contribution in [-0.4, -0.2) is 18.7 Å². The molecular weight excluding hydrogens is 411 g/mol. The molecule has 0 saturated heterocycles. The fourth-order valence-electron chi connectivity index (χ4n) is 4.71. The average Bonchev–Trinajstić information content (AvgIpc) is 2.81. The first-order valence-corrected chi connectivity index (χ1v) is 13.9. The summed E-state index contributed by atoms with van der Waals surface area (Å²) < 4.78 is 5.26. The van der Waals surface area contributed by atoms with E-state index in [-0.39, 0.29) is 5.97 Å². The summed E-state index contributed by atoms with van der Waals surface area (Å²) in [5.41, 5.74) is 2.14. The van der Waals surface area contributed by atoms with Crippen molar-refractivity contribution in [2.24, 2.45) is 0 Å². The Balaban J connectivity index is 1.85. The van der Waals surface area contributed by atoms with E-state index in [9.17, 15) is 4.79 Å². The number of esters is 1. The third-order valence-electron chi connectivity index (χ3n) is 6.83. The molecule has 0 amide bonds. The van der Waals surface area contributed by atoms with Gasteiger partial charge in [0.25, 0.3) is 0 Å². The van der Waals surface area contributed by atoms with Crippen LogP contribution in [-0.2, 0) is 9.53 Å². The zero-order valence-corrected chi connectivity index (χ0v) is 20.1. The first-order chi connectivity index (χ1) is 15.6. The van der Waals surface area contributed by atoms with E-state index in [1.54, 1.807) is 0 Å². The van der Waals surface area contributed by atoms with Crippen molar-refractivity contribution < 1.29 is 9.53 Å². The van der Waals surface area contributed by atoms with Crippen LogP contribution in [0, 0.1) is 0 Å². The van der Waals surface area contributed by atoms with Gasteiger partial charge in [-0.1, -0.05) is 0 Å². The Morgan fingerprint density at radius 1 is 0.875 bits per heavy atom. The molecule has 32 heavy (non-hydrogen) atoms. The predicted octanol–water partition coefficient (Wildman–Crippen LogP) is 5.49. The van der Waals surface area contributed by atoms with Crippen molar-refractivity contribution in [2.45, 2.75) is 39.0 Å². The monoisotopic (exact) mass is 444 g/mol. The van der Waals surface area contributed by atoms with E-state index in [1.807, 2.05) is 13.8 Å². The second-order valence-electron chi connectivity index (χ2n) is 8.70. The van der Waals surface area contributed by atoms with E-state index in [0.717, 1.165) is 12.1 Å². The fourth-order valence-corrected chi connectivity index (χ4v) is 9.29. The molecule has 4 rings (SSSR count). The Labute approximate surface area is 192 Å². The van der Waals surface area contributed by atoms with Crippen molar-refractivity contribution in [3.05, 3.63) is 102 Å². The van der Waals surface area contributed by atoms with Crippen LogP contribution < -0.4 is 15.9 Å². The van der Waals surface area contributed by atoms with E-state index in [4.69, 9.17) is 4.74 Å². The van der Waals surface area contributed by atoms with Gasteiger partial charge in [0.15, 0.2) is 0 Å². The molecular formula is C29H33O2P. The minimum atomic E-state index is -2.39. The molecule has 2 nitrogen and oxygen atoms in total. The quantitative estimate of drug-likeness (QED) is 0.261. The Morgan fingerprint density at radius 3 is 1.88 bits per heavy atom. The molecule has 0 spiro atoms. The molecule has 1 fully saturated rings. The Hall–Kier alpha value is -2.70. The Morgan fingerprint density at radius 2 is 1.41 bits per heavy atom. The number of carbonyl (C=O) groups excluding carboxylic acids is 1. The van der Waals surface area contributed by atoms with Gasteiger partial charge >= 0.3 is 193 Å². The van der Waals surface area contributed by atoms with Crippen molar-refractivity contribution in [2.75, 3.05) is 12.8 Å². The molecule has 0 N–H and O–H groups in total. The number of hydrogen-bond donors (Lipinski definition) is 0. The van der Waals surface area contributed by atoms with Crippen molar-refractivity contribution in [1.29, 1.82) is 0 Å². The zero-order valence-electron chi connectivity index (χ0n) is 19.1. The van der Waals surface area contributed by atoms with Crippen molar-refractivity contribution in [3.8, 4) is 0 Å². The molecule has 3 aromatic rings. The predicted molar refractivity (Wildman–Crippen MR) is 138 cm³/mol. The molecule has 166 valence electrons. The Bertz CT molecular complexity index is 1010. The van der Waals surface area contributed by atoms with E-state index >= 15 is 0 Å². The molecule has 0 aromatic heterocycles. The van der Waals surface area contributed by atoms with Gasteiger partial charge in [-0.15, -0.1) is 0 Å². The third kappa shape index (κ3) is 4.57. The van der Waals surface area contributed by atoms with Gasteiger partial charge in [-0.25, -0.2) is 0 Å². The fraction of sp³-hybridized carbons (Fsp3) is 0.276. The van der Waals surface area contributed by atoms with Crippen molar-refractivity contribution in [3.63, 3.8) is 0 Å². The topological polar surface area (TPSA) is 26.3 Å². The average molecular weight is 445 g/mol. The van der Waals surface area contributed by atoms with Crippen LogP contribution in [0.1, 0.15) is 44.6 Å². The van der Waals surface area contributed by atoms with Gasteiger partial charge in [0.1, 0.15) is 0 Å². The molecule has 1 saturated carbocycles. The van der Waals surface area contributed by atoms with E-state index in [0.29, 0.717) is 12.2 Å². The summed E-state index contributed by atoms with van der Waals surface area (Å²) in [5, 5.41) is 4.09. The molecule has 0 bridgehead atoms. The number of ether oxygens (including phenoxy) is 1. The summed E-state index contributed by atoms with van der Waals surface area (Å²) in [4.78, 5) is 12.4. The van der Waals surface area contributed by atoms with Crippen LogP contribution in [0.25, 0.3) is 0 Å². The number of hydrogen-bond acceptors (Lipinski definition) is 2. The van der Waals surface area contributed by atoms with Crippen LogP contribution in [0.5, 0.6) is 0 Å². The van der Waals surface area contributed by atoms with E-state index in [2.05, 4.69) is 91.0 Å². The standard InChI is InChI=1S/C29H33O2P/c1-3-31-29(30)23(2)21-22-32(26-13-6-4-7-14-26,27-15-8-5-9-16-27)28-19-17-25(18-20-28)24-11-10-12-24/h4-9,13-21,24,32H,3,10-12,22H2,1-2H3/b23-21+. The SMILES string of the molecule is CCOC(=O)/C(C)=C/C[PH](c1ccccc1)(c1ccccc1)c1ccc(C2CCC2)cc1. The van der Waals surface area contributed by atoms with Crippen LogP contribution in [0.15, 0.2) is 96.6 Å². The molecule has 3 heteroatoms. The number of allylic oxidation sites excluding steroid dienone is 1. The van der Waals surface area contributed by atoms with Crippen LogP contribution in [0.4, 0.5) is 0 Å².